The molecule has 0 unspecified atom stereocenters. The molecule has 0 atom stereocenters. The van der Waals surface area contributed by atoms with Gasteiger partial charge in [0.1, 0.15) is 29.6 Å². The smallest absolute Gasteiger partial charge is 0.410 e. The van der Waals surface area contributed by atoms with Gasteiger partial charge in [0.15, 0.2) is 0 Å². The lowest BCUT2D eigenvalue weighted by Crippen LogP contribution is -2.41. The Morgan fingerprint density at radius 2 is 1.75 bits per heavy atom. The number of aliphatic carboxylic acids is 1. The minimum atomic E-state index is -1.27. The Bertz CT molecular complexity index is 1120. The predicted octanol–water partition coefficient (Wildman–Crippen LogP) is 3.90. The second-order valence-corrected chi connectivity index (χ2v) is 9.80. The van der Waals surface area contributed by atoms with Gasteiger partial charge in [0.25, 0.3) is 5.91 Å². The number of carbonyl (C=O) groups is 3. The number of halogens is 2. The molecule has 1 saturated heterocycles. The fraction of sp³-hybridized carbons (Fsp3) is 0.480. The summed E-state index contributed by atoms with van der Waals surface area (Å²) in [6.45, 7) is 7.06. The van der Waals surface area contributed by atoms with Crippen LogP contribution in [0.4, 0.5) is 13.6 Å². The minimum absolute atomic E-state index is 0.0167. The van der Waals surface area contributed by atoms with Gasteiger partial charge in [-0.3, -0.25) is 9.59 Å². The van der Waals surface area contributed by atoms with Crippen molar-refractivity contribution < 1.29 is 33.0 Å². The lowest BCUT2D eigenvalue weighted by Gasteiger charge is -2.33. The molecule has 194 valence electrons. The Hall–Kier alpha value is -3.63. The first-order chi connectivity index (χ1) is 16.8. The molecule has 9 nitrogen and oxygen atoms in total. The largest absolute Gasteiger partial charge is 0.480 e. The molecule has 1 N–H and O–H groups in total. The third-order valence-corrected chi connectivity index (χ3v) is 5.65. The van der Waals surface area contributed by atoms with Crippen molar-refractivity contribution in [3.63, 3.8) is 0 Å². The second-order valence-electron chi connectivity index (χ2n) is 9.80. The maximum absolute atomic E-state index is 13.6. The van der Waals surface area contributed by atoms with Crippen LogP contribution in [0.2, 0.25) is 0 Å². The van der Waals surface area contributed by atoms with Gasteiger partial charge >= 0.3 is 12.1 Å². The number of hydrogen-bond acceptors (Lipinski definition) is 6. The van der Waals surface area contributed by atoms with E-state index in [1.807, 2.05) is 20.8 Å². The number of carbonyl (C=O) groups excluding carboxylic acids is 2. The summed E-state index contributed by atoms with van der Waals surface area (Å²) in [5, 5.41) is 9.26. The van der Waals surface area contributed by atoms with Crippen LogP contribution >= 0.6 is 0 Å². The van der Waals surface area contributed by atoms with Gasteiger partial charge in [-0.2, -0.15) is 0 Å². The third kappa shape index (κ3) is 7.19. The zero-order chi connectivity index (χ0) is 26.6. The van der Waals surface area contributed by atoms with Crippen LogP contribution in [-0.4, -0.2) is 68.1 Å². The van der Waals surface area contributed by atoms with Crippen molar-refractivity contribution >= 4 is 18.0 Å². The van der Waals surface area contributed by atoms with Gasteiger partial charge in [-0.15, -0.1) is 0 Å². The summed E-state index contributed by atoms with van der Waals surface area (Å²) in [6.07, 6.45) is 2.24. The number of rotatable bonds is 6. The highest BCUT2D eigenvalue weighted by Crippen LogP contribution is 2.27. The Labute approximate surface area is 208 Å². The van der Waals surface area contributed by atoms with E-state index in [9.17, 15) is 28.3 Å². The Kier molecular flexibility index (Phi) is 8.21. The van der Waals surface area contributed by atoms with Crippen molar-refractivity contribution in [2.75, 3.05) is 19.6 Å². The number of piperidine rings is 1. The van der Waals surface area contributed by atoms with Crippen LogP contribution in [0, 0.1) is 18.6 Å². The van der Waals surface area contributed by atoms with Crippen LogP contribution in [0.1, 0.15) is 67.0 Å². The van der Waals surface area contributed by atoms with Gasteiger partial charge in [0.2, 0.25) is 0 Å². The molecule has 1 aliphatic rings. The molecule has 1 aromatic heterocycles. The minimum Gasteiger partial charge on any atom is -0.480 e. The molecule has 2 amide bonds. The van der Waals surface area contributed by atoms with Gasteiger partial charge in [-0.25, -0.2) is 23.5 Å². The number of aryl methyl sites for hydroxylation is 1. The van der Waals surface area contributed by atoms with Crippen molar-refractivity contribution in [2.24, 2.45) is 0 Å². The average Bonchev–Trinajstić information content (AvgIpc) is 2.76. The number of carboxylic acids is 1. The first-order valence-electron chi connectivity index (χ1n) is 11.6. The maximum Gasteiger partial charge on any atom is 0.410 e. The molecule has 2 heterocycles. The van der Waals surface area contributed by atoms with E-state index in [0.29, 0.717) is 43.5 Å². The zero-order valence-corrected chi connectivity index (χ0v) is 20.8. The molecule has 1 aliphatic heterocycles. The van der Waals surface area contributed by atoms with E-state index in [1.54, 1.807) is 11.8 Å². The maximum atomic E-state index is 13.6. The molecule has 1 fully saturated rings. The molecule has 0 aliphatic carbocycles. The van der Waals surface area contributed by atoms with E-state index in [2.05, 4.69) is 9.97 Å². The van der Waals surface area contributed by atoms with Crippen molar-refractivity contribution in [3.05, 3.63) is 58.7 Å². The van der Waals surface area contributed by atoms with Crippen molar-refractivity contribution in [1.29, 1.82) is 0 Å². The van der Waals surface area contributed by atoms with E-state index in [4.69, 9.17) is 4.74 Å². The molecule has 11 heteroatoms. The summed E-state index contributed by atoms with van der Waals surface area (Å²) in [5.74, 6) is -3.07. The Morgan fingerprint density at radius 3 is 2.28 bits per heavy atom. The van der Waals surface area contributed by atoms with Crippen LogP contribution in [-0.2, 0) is 16.1 Å². The summed E-state index contributed by atoms with van der Waals surface area (Å²) in [4.78, 5) is 48.2. The van der Waals surface area contributed by atoms with Gasteiger partial charge in [-0.05, 0) is 58.2 Å². The van der Waals surface area contributed by atoms with Crippen LogP contribution in [0.5, 0.6) is 0 Å². The summed E-state index contributed by atoms with van der Waals surface area (Å²) in [6, 6.07) is 2.78. The number of ether oxygens (including phenoxy) is 1. The summed E-state index contributed by atoms with van der Waals surface area (Å²) in [7, 11) is 0. The van der Waals surface area contributed by atoms with Crippen LogP contribution < -0.4 is 0 Å². The standard InChI is InChI=1S/C25H30F2N4O5/c1-15-20(23(34)31(14-21(32)33)13-16-9-18(26)11-19(27)10-16)12-28-22(29-15)17-5-7-30(8-6-17)24(35)36-25(2,3)4/h9-12,17H,5-8,13-14H2,1-4H3,(H,32,33). The molecule has 3 rings (SSSR count). The van der Waals surface area contributed by atoms with Crippen LogP contribution in [0.3, 0.4) is 0 Å². The molecule has 0 spiro atoms. The highest BCUT2D eigenvalue weighted by Gasteiger charge is 2.29. The molecule has 1 aromatic carbocycles. The zero-order valence-electron chi connectivity index (χ0n) is 20.8. The lowest BCUT2D eigenvalue weighted by molar-refractivity contribution is -0.137. The predicted molar refractivity (Wildman–Crippen MR) is 125 cm³/mol. The Morgan fingerprint density at radius 1 is 1.14 bits per heavy atom. The summed E-state index contributed by atoms with van der Waals surface area (Å²) < 4.78 is 32.6. The highest BCUT2D eigenvalue weighted by molar-refractivity contribution is 5.96. The summed E-state index contributed by atoms with van der Waals surface area (Å²) >= 11 is 0. The van der Waals surface area contributed by atoms with E-state index >= 15 is 0 Å². The number of benzene rings is 1. The monoisotopic (exact) mass is 504 g/mol. The van der Waals surface area contributed by atoms with Gasteiger partial charge < -0.3 is 19.6 Å². The average molecular weight is 505 g/mol. The molecule has 0 saturated carbocycles. The molecule has 0 radical (unpaired) electrons. The number of hydrogen-bond donors (Lipinski definition) is 1. The van der Waals surface area contributed by atoms with Crippen molar-refractivity contribution in [3.8, 4) is 0 Å². The SMILES string of the molecule is Cc1nc(C2CCN(C(=O)OC(C)(C)C)CC2)ncc1C(=O)N(CC(=O)O)Cc1cc(F)cc(F)c1. The third-order valence-electron chi connectivity index (χ3n) is 5.65. The number of carboxylic acid groups (broad SMARTS) is 1. The molecule has 0 bridgehead atoms. The van der Waals surface area contributed by atoms with E-state index in [0.717, 1.165) is 17.0 Å². The molecule has 36 heavy (non-hydrogen) atoms. The summed E-state index contributed by atoms with van der Waals surface area (Å²) in [5.41, 5.74) is 0.00549. The van der Waals surface area contributed by atoms with E-state index in [1.165, 1.54) is 6.20 Å². The van der Waals surface area contributed by atoms with Gasteiger partial charge in [0, 0.05) is 37.8 Å². The quantitative estimate of drug-likeness (QED) is 0.635. The van der Waals surface area contributed by atoms with E-state index in [-0.39, 0.29) is 29.7 Å². The molecule has 2 aromatic rings. The van der Waals surface area contributed by atoms with Crippen LogP contribution in [0.15, 0.2) is 24.4 Å². The first kappa shape index (κ1) is 27.0. The van der Waals surface area contributed by atoms with Crippen LogP contribution in [0.25, 0.3) is 0 Å². The topological polar surface area (TPSA) is 113 Å². The Balaban J connectivity index is 1.71. The fourth-order valence-corrected chi connectivity index (χ4v) is 3.99. The number of aromatic nitrogens is 2. The second kappa shape index (κ2) is 11.0. The van der Waals surface area contributed by atoms with Gasteiger partial charge in [0.05, 0.1) is 11.3 Å². The molecular weight excluding hydrogens is 474 g/mol. The van der Waals surface area contributed by atoms with Crippen molar-refractivity contribution in [1.82, 2.24) is 19.8 Å². The normalized spacial score (nSPS) is 14.4. The van der Waals surface area contributed by atoms with E-state index < -0.39 is 35.7 Å². The number of likely N-dealkylation sites (tertiary alicyclic amines) is 1. The van der Waals surface area contributed by atoms with Gasteiger partial charge in [-0.1, -0.05) is 0 Å². The molecular formula is C25H30F2N4O5. The van der Waals surface area contributed by atoms with Crippen molar-refractivity contribution in [2.45, 2.75) is 58.6 Å². The highest BCUT2D eigenvalue weighted by atomic mass is 19.1. The number of nitrogens with zero attached hydrogens (tertiary/aromatic N) is 4. The number of amides is 2. The first-order valence-corrected chi connectivity index (χ1v) is 11.6. The lowest BCUT2D eigenvalue weighted by atomic mass is 9.96. The fourth-order valence-electron chi connectivity index (χ4n) is 3.99.